The monoisotopic (exact) mass is 218 g/mol. The number of rotatable bonds is 2. The molecule has 0 amide bonds. The number of thiophene rings is 1. The maximum absolute atomic E-state index is 6.18. The van der Waals surface area contributed by atoms with Gasteiger partial charge in [-0.25, -0.2) is 0 Å². The summed E-state index contributed by atoms with van der Waals surface area (Å²) in [7, 11) is 0. The summed E-state index contributed by atoms with van der Waals surface area (Å²) in [4.78, 5) is 4.35. The number of pyridine rings is 1. The van der Waals surface area contributed by atoms with Crippen molar-refractivity contribution in [2.75, 3.05) is 0 Å². The highest BCUT2D eigenvalue weighted by Crippen LogP contribution is 2.22. The summed E-state index contributed by atoms with van der Waals surface area (Å²) in [5, 5.41) is 4.14. The van der Waals surface area contributed by atoms with Crippen LogP contribution < -0.4 is 5.73 Å². The maximum Gasteiger partial charge on any atom is 0.0561 e. The van der Waals surface area contributed by atoms with Crippen LogP contribution in [0, 0.1) is 13.8 Å². The van der Waals surface area contributed by atoms with Crippen molar-refractivity contribution in [2.45, 2.75) is 19.9 Å². The Hall–Kier alpha value is -1.19. The Bertz CT molecular complexity index is 428. The fourth-order valence-corrected chi connectivity index (χ4v) is 2.39. The van der Waals surface area contributed by atoms with Crippen LogP contribution in [0.25, 0.3) is 0 Å². The van der Waals surface area contributed by atoms with Crippen molar-refractivity contribution in [3.8, 4) is 0 Å². The number of aromatic nitrogens is 1. The van der Waals surface area contributed by atoms with Crippen molar-refractivity contribution in [1.29, 1.82) is 0 Å². The summed E-state index contributed by atoms with van der Waals surface area (Å²) >= 11 is 1.68. The molecule has 2 heterocycles. The molecule has 3 heteroatoms. The number of hydrogen-bond donors (Lipinski definition) is 1. The van der Waals surface area contributed by atoms with E-state index in [-0.39, 0.29) is 6.04 Å². The van der Waals surface area contributed by atoms with Gasteiger partial charge in [-0.05, 0) is 53.9 Å². The summed E-state index contributed by atoms with van der Waals surface area (Å²) in [6.07, 6.45) is 0. The Morgan fingerprint density at radius 1 is 1.20 bits per heavy atom. The van der Waals surface area contributed by atoms with E-state index in [0.29, 0.717) is 0 Å². The van der Waals surface area contributed by atoms with Crippen molar-refractivity contribution in [3.05, 3.63) is 51.5 Å². The summed E-state index contributed by atoms with van der Waals surface area (Å²) in [5.41, 5.74) is 10.5. The molecule has 0 spiro atoms. The first kappa shape index (κ1) is 10.3. The Morgan fingerprint density at radius 3 is 2.40 bits per heavy atom. The average molecular weight is 218 g/mol. The van der Waals surface area contributed by atoms with Gasteiger partial charge in [0.25, 0.3) is 0 Å². The van der Waals surface area contributed by atoms with Crippen molar-refractivity contribution in [3.63, 3.8) is 0 Å². The van der Waals surface area contributed by atoms with E-state index in [0.717, 1.165) is 17.0 Å². The predicted molar refractivity (Wildman–Crippen MR) is 64.1 cm³/mol. The molecule has 0 aromatic carbocycles. The lowest BCUT2D eigenvalue weighted by molar-refractivity contribution is 0.864. The van der Waals surface area contributed by atoms with E-state index >= 15 is 0 Å². The first-order chi connectivity index (χ1) is 7.16. The first-order valence-electron chi connectivity index (χ1n) is 4.89. The van der Waals surface area contributed by atoms with Crippen LogP contribution in [0.1, 0.15) is 28.6 Å². The van der Waals surface area contributed by atoms with Gasteiger partial charge in [0.05, 0.1) is 6.04 Å². The standard InChI is InChI=1S/C12H14N2S/c1-8-5-11(6-9(2)14-8)12(13)10-3-4-15-7-10/h3-7,12H,13H2,1-2H3. The second-order valence-electron chi connectivity index (χ2n) is 3.72. The third-order valence-electron chi connectivity index (χ3n) is 2.37. The molecule has 0 aliphatic carbocycles. The van der Waals surface area contributed by atoms with E-state index in [1.54, 1.807) is 11.3 Å². The lowest BCUT2D eigenvalue weighted by Crippen LogP contribution is -2.11. The molecule has 1 unspecified atom stereocenters. The van der Waals surface area contributed by atoms with Crippen LogP contribution in [-0.4, -0.2) is 4.98 Å². The van der Waals surface area contributed by atoms with Crippen LogP contribution in [0.5, 0.6) is 0 Å². The molecule has 2 N–H and O–H groups in total. The molecule has 2 rings (SSSR count). The molecule has 15 heavy (non-hydrogen) atoms. The molecule has 78 valence electrons. The summed E-state index contributed by atoms with van der Waals surface area (Å²) in [6.45, 7) is 3.99. The van der Waals surface area contributed by atoms with Crippen molar-refractivity contribution in [2.24, 2.45) is 5.73 Å². The minimum absolute atomic E-state index is 0.0309. The van der Waals surface area contributed by atoms with Gasteiger partial charge in [-0.15, -0.1) is 0 Å². The fourth-order valence-electron chi connectivity index (χ4n) is 1.69. The molecule has 2 nitrogen and oxygen atoms in total. The molecule has 0 aliphatic rings. The highest BCUT2D eigenvalue weighted by molar-refractivity contribution is 7.08. The topological polar surface area (TPSA) is 38.9 Å². The summed E-state index contributed by atoms with van der Waals surface area (Å²) in [5.74, 6) is 0. The van der Waals surface area contributed by atoms with Gasteiger partial charge in [0.1, 0.15) is 0 Å². The van der Waals surface area contributed by atoms with Crippen LogP contribution in [0.2, 0.25) is 0 Å². The van der Waals surface area contributed by atoms with Gasteiger partial charge in [0, 0.05) is 11.4 Å². The van der Waals surface area contributed by atoms with Crippen molar-refractivity contribution < 1.29 is 0 Å². The normalized spacial score (nSPS) is 12.7. The minimum Gasteiger partial charge on any atom is -0.320 e. The van der Waals surface area contributed by atoms with E-state index in [1.807, 2.05) is 13.8 Å². The Balaban J connectivity index is 2.37. The molecule has 0 bridgehead atoms. The van der Waals surface area contributed by atoms with Gasteiger partial charge < -0.3 is 5.73 Å². The number of aryl methyl sites for hydroxylation is 2. The van der Waals surface area contributed by atoms with Crippen LogP contribution >= 0.6 is 11.3 Å². The third kappa shape index (κ3) is 2.25. The zero-order valence-electron chi connectivity index (χ0n) is 8.90. The van der Waals surface area contributed by atoms with E-state index in [2.05, 4.69) is 33.9 Å². The number of nitrogens with zero attached hydrogens (tertiary/aromatic N) is 1. The van der Waals surface area contributed by atoms with Gasteiger partial charge in [0.2, 0.25) is 0 Å². The highest BCUT2D eigenvalue weighted by atomic mass is 32.1. The summed E-state index contributed by atoms with van der Waals surface area (Å²) < 4.78 is 0. The lowest BCUT2D eigenvalue weighted by Gasteiger charge is -2.11. The van der Waals surface area contributed by atoms with Gasteiger partial charge in [-0.2, -0.15) is 11.3 Å². The van der Waals surface area contributed by atoms with Crippen molar-refractivity contribution in [1.82, 2.24) is 4.98 Å². The Morgan fingerprint density at radius 2 is 1.87 bits per heavy atom. The average Bonchev–Trinajstić information content (AvgIpc) is 2.67. The summed E-state index contributed by atoms with van der Waals surface area (Å²) in [6, 6.07) is 6.14. The van der Waals surface area contributed by atoms with E-state index in [1.165, 1.54) is 5.56 Å². The van der Waals surface area contributed by atoms with E-state index < -0.39 is 0 Å². The fraction of sp³-hybridized carbons (Fsp3) is 0.250. The molecule has 0 aliphatic heterocycles. The Kier molecular flexibility index (Phi) is 2.84. The zero-order chi connectivity index (χ0) is 10.8. The molecule has 0 saturated carbocycles. The third-order valence-corrected chi connectivity index (χ3v) is 3.07. The van der Waals surface area contributed by atoms with Crippen LogP contribution in [0.4, 0.5) is 0 Å². The van der Waals surface area contributed by atoms with Crippen LogP contribution in [0.3, 0.4) is 0 Å². The molecule has 2 aromatic heterocycles. The van der Waals surface area contributed by atoms with Gasteiger partial charge in [0.15, 0.2) is 0 Å². The number of nitrogens with two attached hydrogens (primary N) is 1. The molecule has 0 saturated heterocycles. The zero-order valence-corrected chi connectivity index (χ0v) is 9.71. The van der Waals surface area contributed by atoms with Gasteiger partial charge in [-0.1, -0.05) is 0 Å². The molecular weight excluding hydrogens is 204 g/mol. The second kappa shape index (κ2) is 4.13. The minimum atomic E-state index is -0.0309. The first-order valence-corrected chi connectivity index (χ1v) is 5.84. The molecule has 2 aromatic rings. The predicted octanol–water partition coefficient (Wildman–Crippen LogP) is 2.81. The Labute approximate surface area is 93.8 Å². The SMILES string of the molecule is Cc1cc(C(N)c2ccsc2)cc(C)n1. The van der Waals surface area contributed by atoms with E-state index in [4.69, 9.17) is 5.73 Å². The molecule has 0 radical (unpaired) electrons. The molecule has 1 atom stereocenters. The van der Waals surface area contributed by atoms with Crippen molar-refractivity contribution >= 4 is 11.3 Å². The van der Waals surface area contributed by atoms with Gasteiger partial charge in [-0.3, -0.25) is 4.98 Å². The smallest absolute Gasteiger partial charge is 0.0561 e. The maximum atomic E-state index is 6.18. The molecular formula is C12H14N2S. The highest BCUT2D eigenvalue weighted by Gasteiger charge is 2.10. The molecule has 0 fully saturated rings. The number of hydrogen-bond acceptors (Lipinski definition) is 3. The second-order valence-corrected chi connectivity index (χ2v) is 4.50. The van der Waals surface area contributed by atoms with Gasteiger partial charge >= 0.3 is 0 Å². The van der Waals surface area contributed by atoms with Crippen LogP contribution in [-0.2, 0) is 0 Å². The van der Waals surface area contributed by atoms with Crippen LogP contribution in [0.15, 0.2) is 29.0 Å². The largest absolute Gasteiger partial charge is 0.320 e. The lowest BCUT2D eigenvalue weighted by atomic mass is 10.0. The van der Waals surface area contributed by atoms with E-state index in [9.17, 15) is 0 Å². The quantitative estimate of drug-likeness (QED) is 0.841.